The number of likely N-dealkylation sites (N-methyl/N-ethyl adjacent to an activating group) is 1. The monoisotopic (exact) mass is 562 g/mol. The normalized spacial score (nSPS) is 14.5. The number of hydrogen-bond acceptors (Lipinski definition) is 5. The number of carbonyl (C=O) groups is 1. The Kier molecular flexibility index (Phi) is 7.23. The molecule has 0 radical (unpaired) electrons. The average Bonchev–Trinajstić information content (AvgIpc) is 3.27. The Hall–Kier alpha value is -4.03. The maximum absolute atomic E-state index is 14.8. The summed E-state index contributed by atoms with van der Waals surface area (Å²) in [6.45, 7) is 2.49. The van der Waals surface area contributed by atoms with E-state index in [0.29, 0.717) is 53.7 Å². The van der Waals surface area contributed by atoms with E-state index in [0.717, 1.165) is 18.2 Å². The summed E-state index contributed by atoms with van der Waals surface area (Å²) in [7, 11) is 1.94. The largest absolute Gasteiger partial charge is 0.456 e. The third-order valence-electron chi connectivity index (χ3n) is 6.28. The van der Waals surface area contributed by atoms with Crippen LogP contribution in [0.25, 0.3) is 11.0 Å². The molecule has 2 aromatic carbocycles. The van der Waals surface area contributed by atoms with Gasteiger partial charge >= 0.3 is 12.2 Å². The molecular weight excluding hydrogens is 540 g/mol. The number of piperazine rings is 1. The van der Waals surface area contributed by atoms with Crippen molar-refractivity contribution in [2.75, 3.05) is 48.8 Å². The second-order valence-corrected chi connectivity index (χ2v) is 9.46. The van der Waals surface area contributed by atoms with Gasteiger partial charge in [-0.3, -0.25) is 0 Å². The molecule has 5 rings (SSSR count). The van der Waals surface area contributed by atoms with Crippen molar-refractivity contribution in [1.29, 1.82) is 0 Å². The number of amides is 2. The lowest BCUT2D eigenvalue weighted by Gasteiger charge is -2.34. The number of nitrogens with one attached hydrogen (secondary N) is 3. The summed E-state index contributed by atoms with van der Waals surface area (Å²) in [5.74, 6) is -0.321. The maximum Gasteiger partial charge on any atom is 0.416 e. The molecule has 0 aliphatic carbocycles. The number of halogens is 5. The number of urea groups is 1. The zero-order chi connectivity index (χ0) is 27.7. The van der Waals surface area contributed by atoms with Gasteiger partial charge in [0.15, 0.2) is 0 Å². The topological polar surface area (TPSA) is 85.5 Å². The van der Waals surface area contributed by atoms with E-state index >= 15 is 0 Å². The number of H-pyrrole nitrogens is 1. The lowest BCUT2D eigenvalue weighted by Crippen LogP contribution is -2.44. The van der Waals surface area contributed by atoms with Gasteiger partial charge in [-0.2, -0.15) is 13.2 Å². The van der Waals surface area contributed by atoms with Crippen LogP contribution in [0, 0.1) is 5.82 Å². The summed E-state index contributed by atoms with van der Waals surface area (Å²) < 4.78 is 61.3. The molecule has 1 aliphatic heterocycles. The molecule has 1 fully saturated rings. The third-order valence-corrected chi connectivity index (χ3v) is 6.57. The molecule has 2 amide bonds. The van der Waals surface area contributed by atoms with E-state index in [-0.39, 0.29) is 17.1 Å². The number of fused-ring (bicyclic) bond motifs is 1. The summed E-state index contributed by atoms with van der Waals surface area (Å²) in [6, 6.07) is 7.82. The van der Waals surface area contributed by atoms with Crippen LogP contribution in [0.15, 0.2) is 54.9 Å². The molecule has 204 valence electrons. The lowest BCUT2D eigenvalue weighted by molar-refractivity contribution is -0.137. The molecule has 13 heteroatoms. The highest BCUT2D eigenvalue weighted by Crippen LogP contribution is 2.36. The number of ether oxygens (including phenoxy) is 1. The van der Waals surface area contributed by atoms with E-state index < -0.39 is 23.6 Å². The van der Waals surface area contributed by atoms with Crippen molar-refractivity contribution in [2.45, 2.75) is 6.18 Å². The minimum Gasteiger partial charge on any atom is -0.456 e. The summed E-state index contributed by atoms with van der Waals surface area (Å²) in [5.41, 5.74) is -0.311. The Labute approximate surface area is 225 Å². The van der Waals surface area contributed by atoms with Crippen LogP contribution in [0.5, 0.6) is 11.5 Å². The van der Waals surface area contributed by atoms with Crippen molar-refractivity contribution in [3.8, 4) is 11.5 Å². The highest BCUT2D eigenvalue weighted by molar-refractivity contribution is 6.36. The summed E-state index contributed by atoms with van der Waals surface area (Å²) in [4.78, 5) is 23.5. The molecule has 1 saturated heterocycles. The zero-order valence-electron chi connectivity index (χ0n) is 20.6. The number of hydrogen-bond donors (Lipinski definition) is 3. The molecule has 3 N–H and O–H groups in total. The first-order valence-electron chi connectivity index (χ1n) is 11.9. The fourth-order valence-corrected chi connectivity index (χ4v) is 4.48. The number of carbonyl (C=O) groups excluding carboxylic acids is 1. The molecule has 2 aromatic heterocycles. The highest BCUT2D eigenvalue weighted by atomic mass is 35.5. The van der Waals surface area contributed by atoms with E-state index in [1.54, 1.807) is 12.3 Å². The number of nitrogens with zero attached hydrogens (tertiary/aromatic N) is 3. The van der Waals surface area contributed by atoms with E-state index in [4.69, 9.17) is 16.3 Å². The van der Waals surface area contributed by atoms with Gasteiger partial charge < -0.3 is 30.2 Å². The molecule has 0 saturated carbocycles. The predicted octanol–water partition coefficient (Wildman–Crippen LogP) is 6.56. The van der Waals surface area contributed by atoms with Crippen molar-refractivity contribution in [3.63, 3.8) is 0 Å². The second kappa shape index (κ2) is 10.6. The van der Waals surface area contributed by atoms with Crippen molar-refractivity contribution in [3.05, 3.63) is 71.3 Å². The van der Waals surface area contributed by atoms with Gasteiger partial charge in [-0.15, -0.1) is 0 Å². The van der Waals surface area contributed by atoms with Crippen LogP contribution >= 0.6 is 11.6 Å². The Bertz CT molecular complexity index is 1520. The molecule has 39 heavy (non-hydrogen) atoms. The van der Waals surface area contributed by atoms with E-state index in [1.165, 1.54) is 24.4 Å². The van der Waals surface area contributed by atoms with Crippen LogP contribution in [0.3, 0.4) is 0 Å². The summed E-state index contributed by atoms with van der Waals surface area (Å²) >= 11 is 6.17. The standard InChI is InChI=1S/C26H23ClF4N6O2/c1-36-6-8-37(9-7-36)17-11-15(26(29,30)31)10-16(12-17)34-25(38)35-21-3-2-18(13-20(21)28)39-22-4-5-32-24-23(22)19(27)14-33-24/h2-5,10-14H,6-9H2,1H3,(H,32,33)(H2,34,35,38). The molecule has 8 nitrogen and oxygen atoms in total. The molecule has 0 bridgehead atoms. The molecular formula is C26H23ClF4N6O2. The fraction of sp³-hybridized carbons (Fsp3) is 0.231. The van der Waals surface area contributed by atoms with E-state index in [9.17, 15) is 22.4 Å². The first-order chi connectivity index (χ1) is 18.6. The Morgan fingerprint density at radius 3 is 2.56 bits per heavy atom. The molecule has 1 aliphatic rings. The first kappa shape index (κ1) is 26.6. The predicted molar refractivity (Wildman–Crippen MR) is 141 cm³/mol. The van der Waals surface area contributed by atoms with Crippen molar-refractivity contribution in [2.24, 2.45) is 0 Å². The van der Waals surface area contributed by atoms with Gasteiger partial charge in [-0.05, 0) is 43.4 Å². The van der Waals surface area contributed by atoms with Gasteiger partial charge in [-0.25, -0.2) is 14.2 Å². The number of pyridine rings is 1. The van der Waals surface area contributed by atoms with Crippen molar-refractivity contribution >= 4 is 45.7 Å². The van der Waals surface area contributed by atoms with Crippen LogP contribution in [-0.4, -0.2) is 54.1 Å². The number of alkyl halides is 3. The zero-order valence-corrected chi connectivity index (χ0v) is 21.3. The smallest absolute Gasteiger partial charge is 0.416 e. The highest BCUT2D eigenvalue weighted by Gasteiger charge is 2.32. The molecule has 4 aromatic rings. The number of benzene rings is 2. The van der Waals surface area contributed by atoms with E-state index in [2.05, 4.69) is 25.5 Å². The SMILES string of the molecule is CN1CCN(c2cc(NC(=O)Nc3ccc(Oc4ccnc5[nH]cc(Cl)c45)cc3F)cc(C(F)(F)F)c2)CC1. The Morgan fingerprint density at radius 2 is 1.85 bits per heavy atom. The van der Waals surface area contributed by atoms with Crippen LogP contribution < -0.4 is 20.3 Å². The van der Waals surface area contributed by atoms with Crippen molar-refractivity contribution < 1.29 is 27.1 Å². The second-order valence-electron chi connectivity index (χ2n) is 9.05. The quantitative estimate of drug-likeness (QED) is 0.240. The minimum atomic E-state index is -4.61. The Balaban J connectivity index is 1.31. The van der Waals surface area contributed by atoms with Crippen LogP contribution in [0.1, 0.15) is 5.56 Å². The molecule has 3 heterocycles. The molecule has 0 unspecified atom stereocenters. The van der Waals surface area contributed by atoms with Crippen LogP contribution in [0.2, 0.25) is 5.02 Å². The molecule has 0 spiro atoms. The van der Waals surface area contributed by atoms with Gasteiger partial charge in [0, 0.05) is 56.0 Å². The Morgan fingerprint density at radius 1 is 1.08 bits per heavy atom. The average molecular weight is 563 g/mol. The fourth-order valence-electron chi connectivity index (χ4n) is 4.24. The maximum atomic E-state index is 14.8. The molecule has 0 atom stereocenters. The van der Waals surface area contributed by atoms with E-state index in [1.807, 2.05) is 11.9 Å². The lowest BCUT2D eigenvalue weighted by atomic mass is 10.1. The van der Waals surface area contributed by atoms with Gasteiger partial charge in [-0.1, -0.05) is 11.6 Å². The third kappa shape index (κ3) is 6.02. The number of anilines is 3. The van der Waals surface area contributed by atoms with Gasteiger partial charge in [0.05, 0.1) is 21.7 Å². The van der Waals surface area contributed by atoms with Gasteiger partial charge in [0.2, 0.25) is 0 Å². The number of aromatic amines is 1. The van der Waals surface area contributed by atoms with Crippen molar-refractivity contribution in [1.82, 2.24) is 14.9 Å². The van der Waals surface area contributed by atoms with Crippen LogP contribution in [-0.2, 0) is 6.18 Å². The van der Waals surface area contributed by atoms with Gasteiger partial charge in [0.25, 0.3) is 0 Å². The summed E-state index contributed by atoms with van der Waals surface area (Å²) in [5, 5.41) is 5.62. The summed E-state index contributed by atoms with van der Waals surface area (Å²) in [6.07, 6.45) is -1.55. The van der Waals surface area contributed by atoms with Gasteiger partial charge in [0.1, 0.15) is 23.0 Å². The van der Waals surface area contributed by atoms with Crippen LogP contribution in [0.4, 0.5) is 39.4 Å². The number of aromatic nitrogens is 2. The number of rotatable bonds is 5. The first-order valence-corrected chi connectivity index (χ1v) is 12.3. The minimum absolute atomic E-state index is 0.0679.